The van der Waals surface area contributed by atoms with Crippen molar-refractivity contribution in [2.24, 2.45) is 5.41 Å². The molecule has 1 unspecified atom stereocenters. The van der Waals surface area contributed by atoms with Crippen LogP contribution in [-0.4, -0.2) is 35.7 Å². The summed E-state index contributed by atoms with van der Waals surface area (Å²) in [5.74, 6) is 0. The van der Waals surface area contributed by atoms with Crippen LogP contribution in [0.4, 0.5) is 4.79 Å². The number of urea groups is 1. The fourth-order valence-electron chi connectivity index (χ4n) is 2.83. The smallest absolute Gasteiger partial charge is 0.317 e. The second kappa shape index (κ2) is 6.94. The molecule has 1 aromatic carbocycles. The zero-order valence-corrected chi connectivity index (χ0v) is 13.0. The normalized spacial score (nSPS) is 18.5. The van der Waals surface area contributed by atoms with Gasteiger partial charge in [-0.05, 0) is 30.2 Å². The number of amides is 2. The van der Waals surface area contributed by atoms with Crippen LogP contribution < -0.4 is 5.32 Å². The molecule has 0 bridgehead atoms. The van der Waals surface area contributed by atoms with Gasteiger partial charge in [-0.2, -0.15) is 0 Å². The zero-order chi connectivity index (χ0) is 15.3. The second-order valence-electron chi connectivity index (χ2n) is 6.61. The molecule has 0 saturated carbocycles. The predicted octanol–water partition coefficient (Wildman–Crippen LogP) is 2.94. The summed E-state index contributed by atoms with van der Waals surface area (Å²) in [5.41, 5.74) is 1.31. The van der Waals surface area contributed by atoms with E-state index >= 15 is 0 Å². The first-order valence-corrected chi connectivity index (χ1v) is 7.73. The van der Waals surface area contributed by atoms with Crippen LogP contribution in [0.25, 0.3) is 0 Å². The van der Waals surface area contributed by atoms with Crippen LogP contribution in [0.15, 0.2) is 30.3 Å². The number of hydrogen-bond donors (Lipinski definition) is 2. The van der Waals surface area contributed by atoms with E-state index in [1.165, 1.54) is 0 Å². The van der Waals surface area contributed by atoms with Crippen LogP contribution in [0.1, 0.15) is 44.7 Å². The molecule has 1 saturated heterocycles. The molecule has 4 nitrogen and oxygen atoms in total. The Bertz CT molecular complexity index is 459. The number of hydrogen-bond acceptors (Lipinski definition) is 2. The summed E-state index contributed by atoms with van der Waals surface area (Å²) in [5, 5.41) is 12.2. The number of aliphatic hydroxyl groups excluding tert-OH is 1. The Morgan fingerprint density at radius 1 is 1.38 bits per heavy atom. The van der Waals surface area contributed by atoms with E-state index in [1.807, 2.05) is 35.2 Å². The molecule has 2 amide bonds. The van der Waals surface area contributed by atoms with Crippen molar-refractivity contribution in [1.82, 2.24) is 10.2 Å². The van der Waals surface area contributed by atoms with E-state index in [1.54, 1.807) is 0 Å². The monoisotopic (exact) mass is 290 g/mol. The molecule has 1 atom stereocenters. The molecular weight excluding hydrogens is 264 g/mol. The Balaban J connectivity index is 2.00. The Morgan fingerprint density at radius 3 is 2.67 bits per heavy atom. The molecule has 1 heterocycles. The maximum Gasteiger partial charge on any atom is 0.317 e. The molecule has 1 aliphatic heterocycles. The number of carbonyl (C=O) groups is 1. The minimum atomic E-state index is -0.0328. The third-order valence-electron chi connectivity index (χ3n) is 4.12. The van der Waals surface area contributed by atoms with Gasteiger partial charge in [0, 0.05) is 19.7 Å². The topological polar surface area (TPSA) is 52.6 Å². The van der Waals surface area contributed by atoms with Crippen molar-refractivity contribution in [2.75, 3.05) is 19.7 Å². The van der Waals surface area contributed by atoms with Gasteiger partial charge in [-0.1, -0.05) is 44.2 Å². The number of benzene rings is 1. The van der Waals surface area contributed by atoms with Crippen molar-refractivity contribution in [3.05, 3.63) is 35.9 Å². The lowest BCUT2D eigenvalue weighted by molar-refractivity contribution is 0.197. The number of nitrogens with one attached hydrogen (secondary N) is 1. The van der Waals surface area contributed by atoms with Crippen molar-refractivity contribution in [1.29, 1.82) is 0 Å². The van der Waals surface area contributed by atoms with E-state index in [-0.39, 0.29) is 24.1 Å². The third-order valence-corrected chi connectivity index (χ3v) is 4.12. The van der Waals surface area contributed by atoms with Gasteiger partial charge in [0.05, 0.1) is 6.04 Å². The highest BCUT2D eigenvalue weighted by molar-refractivity contribution is 5.75. The van der Waals surface area contributed by atoms with Crippen LogP contribution in [0, 0.1) is 5.41 Å². The number of nitrogens with zero attached hydrogens (tertiary/aromatic N) is 1. The van der Waals surface area contributed by atoms with Gasteiger partial charge in [0.15, 0.2) is 0 Å². The molecule has 2 N–H and O–H groups in total. The zero-order valence-electron chi connectivity index (χ0n) is 13.0. The van der Waals surface area contributed by atoms with Gasteiger partial charge in [0.1, 0.15) is 0 Å². The quantitative estimate of drug-likeness (QED) is 0.876. The summed E-state index contributed by atoms with van der Waals surface area (Å²) in [7, 11) is 0. The lowest BCUT2D eigenvalue weighted by Gasteiger charge is -2.25. The van der Waals surface area contributed by atoms with E-state index < -0.39 is 0 Å². The SMILES string of the molecule is CC1(C)CCN(C(=O)NC(CCCO)c2ccccc2)C1. The number of aliphatic hydroxyl groups is 1. The summed E-state index contributed by atoms with van der Waals surface area (Å²) >= 11 is 0. The summed E-state index contributed by atoms with van der Waals surface area (Å²) in [6.07, 6.45) is 2.49. The summed E-state index contributed by atoms with van der Waals surface area (Å²) in [6, 6.07) is 9.95. The number of likely N-dealkylation sites (tertiary alicyclic amines) is 1. The Hall–Kier alpha value is -1.55. The largest absolute Gasteiger partial charge is 0.396 e. The molecule has 21 heavy (non-hydrogen) atoms. The molecule has 1 fully saturated rings. The average molecular weight is 290 g/mol. The van der Waals surface area contributed by atoms with Crippen LogP contribution in [-0.2, 0) is 0 Å². The molecule has 4 heteroatoms. The Kier molecular flexibility index (Phi) is 5.23. The van der Waals surface area contributed by atoms with Crippen LogP contribution >= 0.6 is 0 Å². The minimum Gasteiger partial charge on any atom is -0.396 e. The van der Waals surface area contributed by atoms with Gasteiger partial charge in [0.2, 0.25) is 0 Å². The maximum absolute atomic E-state index is 12.4. The highest BCUT2D eigenvalue weighted by Crippen LogP contribution is 2.29. The van der Waals surface area contributed by atoms with E-state index in [0.29, 0.717) is 6.42 Å². The molecule has 116 valence electrons. The van der Waals surface area contributed by atoms with Crippen molar-refractivity contribution in [3.8, 4) is 0 Å². The van der Waals surface area contributed by atoms with Gasteiger partial charge in [-0.3, -0.25) is 0 Å². The van der Waals surface area contributed by atoms with Crippen molar-refractivity contribution < 1.29 is 9.90 Å². The predicted molar refractivity (Wildman–Crippen MR) is 84.0 cm³/mol. The molecule has 0 aromatic heterocycles. The number of carbonyl (C=O) groups excluding carboxylic acids is 1. The maximum atomic E-state index is 12.4. The van der Waals surface area contributed by atoms with Crippen molar-refractivity contribution in [2.45, 2.75) is 39.2 Å². The number of rotatable bonds is 5. The van der Waals surface area contributed by atoms with Crippen molar-refractivity contribution in [3.63, 3.8) is 0 Å². The molecule has 1 aliphatic rings. The molecule has 1 aromatic rings. The van der Waals surface area contributed by atoms with Gasteiger partial charge in [-0.25, -0.2) is 4.79 Å². The Labute approximate surface area is 127 Å². The van der Waals surface area contributed by atoms with Crippen LogP contribution in [0.3, 0.4) is 0 Å². The Morgan fingerprint density at radius 2 is 2.10 bits per heavy atom. The van der Waals surface area contributed by atoms with Crippen LogP contribution in [0.5, 0.6) is 0 Å². The highest BCUT2D eigenvalue weighted by atomic mass is 16.3. The lowest BCUT2D eigenvalue weighted by Crippen LogP contribution is -2.41. The van der Waals surface area contributed by atoms with E-state index in [2.05, 4.69) is 19.2 Å². The minimum absolute atomic E-state index is 0.00682. The van der Waals surface area contributed by atoms with Gasteiger partial charge >= 0.3 is 6.03 Å². The third kappa shape index (κ3) is 4.46. The molecule has 2 rings (SSSR count). The van der Waals surface area contributed by atoms with Crippen molar-refractivity contribution >= 4 is 6.03 Å². The first-order chi connectivity index (χ1) is 10.0. The van der Waals surface area contributed by atoms with Gasteiger partial charge < -0.3 is 15.3 Å². The second-order valence-corrected chi connectivity index (χ2v) is 6.61. The first-order valence-electron chi connectivity index (χ1n) is 7.73. The van der Waals surface area contributed by atoms with E-state index in [9.17, 15) is 4.79 Å². The molecular formula is C17H26N2O2. The molecule has 0 radical (unpaired) electrons. The first kappa shape index (κ1) is 15.8. The summed E-state index contributed by atoms with van der Waals surface area (Å²) in [6.45, 7) is 6.16. The van der Waals surface area contributed by atoms with E-state index in [4.69, 9.17) is 5.11 Å². The lowest BCUT2D eigenvalue weighted by atomic mass is 9.93. The highest BCUT2D eigenvalue weighted by Gasteiger charge is 2.32. The van der Waals surface area contributed by atoms with Crippen LogP contribution in [0.2, 0.25) is 0 Å². The molecule has 0 aliphatic carbocycles. The average Bonchev–Trinajstić information content (AvgIpc) is 2.84. The van der Waals surface area contributed by atoms with Gasteiger partial charge in [-0.15, -0.1) is 0 Å². The fraction of sp³-hybridized carbons (Fsp3) is 0.588. The van der Waals surface area contributed by atoms with Gasteiger partial charge in [0.25, 0.3) is 0 Å². The summed E-state index contributed by atoms with van der Waals surface area (Å²) in [4.78, 5) is 14.3. The fourth-order valence-corrected chi connectivity index (χ4v) is 2.83. The summed E-state index contributed by atoms with van der Waals surface area (Å²) < 4.78 is 0. The van der Waals surface area contributed by atoms with E-state index in [0.717, 1.165) is 31.5 Å². The standard InChI is InChI=1S/C17H26N2O2/c1-17(2)10-11-19(13-17)16(21)18-15(9-6-12-20)14-7-4-3-5-8-14/h3-5,7-8,15,20H,6,9-13H2,1-2H3,(H,18,21). The molecule has 0 spiro atoms.